The fraction of sp³-hybridized carbons (Fsp3) is 0.909. The van der Waals surface area contributed by atoms with Crippen LogP contribution < -0.4 is 10.6 Å². The maximum Gasteiger partial charge on any atom is 0.315 e. The van der Waals surface area contributed by atoms with Crippen LogP contribution in [0.1, 0.15) is 40.5 Å². The highest BCUT2D eigenvalue weighted by molar-refractivity contribution is 5.74. The van der Waals surface area contributed by atoms with Crippen molar-refractivity contribution in [3.63, 3.8) is 0 Å². The molecule has 0 aliphatic heterocycles. The Labute approximate surface area is 92.4 Å². The van der Waals surface area contributed by atoms with Crippen LogP contribution in [0.5, 0.6) is 0 Å². The Morgan fingerprint density at radius 1 is 1.20 bits per heavy atom. The predicted molar refractivity (Wildman–Crippen MR) is 61.7 cm³/mol. The summed E-state index contributed by atoms with van der Waals surface area (Å²) < 4.78 is 0. The zero-order valence-corrected chi connectivity index (χ0v) is 10.2. The van der Waals surface area contributed by atoms with Crippen molar-refractivity contribution in [2.45, 2.75) is 52.6 Å². The largest absolute Gasteiger partial charge is 0.396 e. The first kappa shape index (κ1) is 14.2. The Morgan fingerprint density at radius 2 is 1.73 bits per heavy atom. The molecule has 4 nitrogen and oxygen atoms in total. The molecule has 2 amide bonds. The molecular formula is C11H24N2O2. The van der Waals surface area contributed by atoms with Gasteiger partial charge in [-0.3, -0.25) is 0 Å². The van der Waals surface area contributed by atoms with Crippen LogP contribution in [0.25, 0.3) is 0 Å². The molecular weight excluding hydrogens is 192 g/mol. The molecule has 0 heterocycles. The molecule has 2 atom stereocenters. The summed E-state index contributed by atoms with van der Waals surface area (Å²) >= 11 is 0. The Hall–Kier alpha value is -0.770. The molecule has 0 radical (unpaired) electrons. The summed E-state index contributed by atoms with van der Waals surface area (Å²) in [4.78, 5) is 11.5. The van der Waals surface area contributed by atoms with E-state index in [0.717, 1.165) is 12.8 Å². The fourth-order valence-electron chi connectivity index (χ4n) is 1.23. The molecule has 0 aromatic heterocycles. The fourth-order valence-corrected chi connectivity index (χ4v) is 1.23. The van der Waals surface area contributed by atoms with Gasteiger partial charge in [0.2, 0.25) is 0 Å². The van der Waals surface area contributed by atoms with Crippen molar-refractivity contribution in [3.05, 3.63) is 0 Å². The Bertz CT molecular complexity index is 181. The van der Waals surface area contributed by atoms with Crippen LogP contribution in [0.2, 0.25) is 0 Å². The molecule has 0 spiro atoms. The van der Waals surface area contributed by atoms with Crippen LogP contribution >= 0.6 is 0 Å². The lowest BCUT2D eigenvalue weighted by atomic mass is 10.1. The normalized spacial score (nSPS) is 14.8. The molecule has 2 unspecified atom stereocenters. The van der Waals surface area contributed by atoms with Crippen LogP contribution in [0.3, 0.4) is 0 Å². The first-order valence-electron chi connectivity index (χ1n) is 5.72. The molecule has 0 aromatic rings. The number of amides is 2. The third-order valence-electron chi connectivity index (χ3n) is 2.82. The number of carbonyl (C=O) groups is 1. The van der Waals surface area contributed by atoms with Crippen LogP contribution in [0.15, 0.2) is 0 Å². The lowest BCUT2D eigenvalue weighted by Gasteiger charge is -2.22. The van der Waals surface area contributed by atoms with Gasteiger partial charge in [0.1, 0.15) is 0 Å². The quantitative estimate of drug-likeness (QED) is 0.630. The van der Waals surface area contributed by atoms with E-state index in [1.807, 2.05) is 27.7 Å². The van der Waals surface area contributed by atoms with E-state index in [4.69, 9.17) is 5.11 Å². The molecule has 4 heteroatoms. The van der Waals surface area contributed by atoms with Crippen LogP contribution in [0, 0.1) is 5.92 Å². The van der Waals surface area contributed by atoms with Gasteiger partial charge in [0.25, 0.3) is 0 Å². The molecule has 0 bridgehead atoms. The molecule has 3 N–H and O–H groups in total. The second kappa shape index (κ2) is 7.51. The van der Waals surface area contributed by atoms with Gasteiger partial charge in [-0.25, -0.2) is 4.79 Å². The first-order chi connectivity index (χ1) is 7.04. The second-order valence-electron chi connectivity index (χ2n) is 4.08. The van der Waals surface area contributed by atoms with E-state index in [1.165, 1.54) is 0 Å². The standard InChI is InChI=1S/C11H24N2O2/c1-5-10(6-2)13-11(15)12-9(4)8(3)7-14/h8-10,14H,5-7H2,1-4H3,(H2,12,13,15). The average molecular weight is 216 g/mol. The van der Waals surface area contributed by atoms with Gasteiger partial charge >= 0.3 is 6.03 Å². The van der Waals surface area contributed by atoms with E-state index in [1.54, 1.807) is 0 Å². The van der Waals surface area contributed by atoms with Gasteiger partial charge in [0.15, 0.2) is 0 Å². The number of rotatable bonds is 6. The van der Waals surface area contributed by atoms with Crippen molar-refractivity contribution in [3.8, 4) is 0 Å². The monoisotopic (exact) mass is 216 g/mol. The summed E-state index contributed by atoms with van der Waals surface area (Å²) in [5.41, 5.74) is 0. The van der Waals surface area contributed by atoms with E-state index in [-0.39, 0.29) is 30.6 Å². The third kappa shape index (κ3) is 5.62. The van der Waals surface area contributed by atoms with E-state index in [0.29, 0.717) is 0 Å². The molecule has 0 saturated carbocycles. The van der Waals surface area contributed by atoms with E-state index < -0.39 is 0 Å². The topological polar surface area (TPSA) is 61.4 Å². The Morgan fingerprint density at radius 3 is 2.13 bits per heavy atom. The van der Waals surface area contributed by atoms with Gasteiger partial charge < -0.3 is 15.7 Å². The Kier molecular flexibility index (Phi) is 7.13. The van der Waals surface area contributed by atoms with Gasteiger partial charge in [-0.05, 0) is 25.7 Å². The van der Waals surface area contributed by atoms with Crippen LogP contribution in [-0.2, 0) is 0 Å². The maximum atomic E-state index is 11.5. The molecule has 0 saturated heterocycles. The zero-order chi connectivity index (χ0) is 11.8. The maximum absolute atomic E-state index is 11.5. The van der Waals surface area contributed by atoms with E-state index in [2.05, 4.69) is 10.6 Å². The highest BCUT2D eigenvalue weighted by Gasteiger charge is 2.15. The average Bonchev–Trinajstić information content (AvgIpc) is 2.24. The number of aliphatic hydroxyl groups is 1. The number of carbonyl (C=O) groups excluding carboxylic acids is 1. The molecule has 0 rings (SSSR count). The minimum atomic E-state index is -0.142. The summed E-state index contributed by atoms with van der Waals surface area (Å²) in [6.07, 6.45) is 1.88. The van der Waals surface area contributed by atoms with E-state index >= 15 is 0 Å². The number of aliphatic hydroxyl groups excluding tert-OH is 1. The SMILES string of the molecule is CCC(CC)NC(=O)NC(C)C(C)CO. The van der Waals surface area contributed by atoms with Gasteiger partial charge in [-0.2, -0.15) is 0 Å². The lowest BCUT2D eigenvalue weighted by molar-refractivity contribution is 0.198. The summed E-state index contributed by atoms with van der Waals surface area (Å²) in [6.45, 7) is 7.99. The highest BCUT2D eigenvalue weighted by atomic mass is 16.3. The molecule has 15 heavy (non-hydrogen) atoms. The summed E-state index contributed by atoms with van der Waals surface area (Å²) in [5, 5.41) is 14.6. The second-order valence-corrected chi connectivity index (χ2v) is 4.08. The van der Waals surface area contributed by atoms with Crippen LogP contribution in [0.4, 0.5) is 4.79 Å². The number of hydrogen-bond donors (Lipinski definition) is 3. The first-order valence-corrected chi connectivity index (χ1v) is 5.72. The third-order valence-corrected chi connectivity index (χ3v) is 2.82. The molecule has 0 aromatic carbocycles. The Balaban J connectivity index is 3.92. The number of nitrogens with one attached hydrogen (secondary N) is 2. The summed E-state index contributed by atoms with van der Waals surface area (Å²) in [6, 6.07) is 0.0856. The van der Waals surface area contributed by atoms with Crippen molar-refractivity contribution in [2.75, 3.05) is 6.61 Å². The van der Waals surface area contributed by atoms with Crippen molar-refractivity contribution in [2.24, 2.45) is 5.92 Å². The van der Waals surface area contributed by atoms with E-state index in [9.17, 15) is 4.79 Å². The van der Waals surface area contributed by atoms with Gasteiger partial charge in [0.05, 0.1) is 0 Å². The van der Waals surface area contributed by atoms with Gasteiger partial charge in [0, 0.05) is 18.7 Å². The van der Waals surface area contributed by atoms with Crippen LogP contribution in [-0.4, -0.2) is 29.8 Å². The number of hydrogen-bond acceptors (Lipinski definition) is 2. The summed E-state index contributed by atoms with van der Waals surface area (Å²) in [5.74, 6) is 0.0810. The highest BCUT2D eigenvalue weighted by Crippen LogP contribution is 2.01. The molecule has 0 aliphatic rings. The summed E-state index contributed by atoms with van der Waals surface area (Å²) in [7, 11) is 0. The van der Waals surface area contributed by atoms with Crippen molar-refractivity contribution < 1.29 is 9.90 Å². The molecule has 90 valence electrons. The van der Waals surface area contributed by atoms with Crippen molar-refractivity contribution in [1.82, 2.24) is 10.6 Å². The van der Waals surface area contributed by atoms with Crippen molar-refractivity contribution in [1.29, 1.82) is 0 Å². The number of urea groups is 1. The smallest absolute Gasteiger partial charge is 0.315 e. The zero-order valence-electron chi connectivity index (χ0n) is 10.2. The lowest BCUT2D eigenvalue weighted by Crippen LogP contribution is -2.47. The van der Waals surface area contributed by atoms with Gasteiger partial charge in [-0.15, -0.1) is 0 Å². The minimum absolute atomic E-state index is 0.00985. The van der Waals surface area contributed by atoms with Gasteiger partial charge in [-0.1, -0.05) is 20.8 Å². The molecule has 0 fully saturated rings. The minimum Gasteiger partial charge on any atom is -0.396 e. The van der Waals surface area contributed by atoms with Crippen molar-refractivity contribution >= 4 is 6.03 Å². The predicted octanol–water partition coefficient (Wildman–Crippen LogP) is 1.49. The molecule has 0 aliphatic carbocycles.